The van der Waals surface area contributed by atoms with Crippen molar-refractivity contribution in [1.29, 1.82) is 5.26 Å². The first-order valence-corrected chi connectivity index (χ1v) is 9.55. The van der Waals surface area contributed by atoms with E-state index in [-0.39, 0.29) is 10.9 Å². The SMILES string of the molecule is Cn1c(SCC(=O)Nc2sc3c(c2C#N)CCCC3)nnc1C(F)(F)F. The number of halogens is 3. The van der Waals surface area contributed by atoms with Gasteiger partial charge in [0, 0.05) is 11.9 Å². The highest BCUT2D eigenvalue weighted by Gasteiger charge is 2.37. The number of anilines is 1. The van der Waals surface area contributed by atoms with Crippen molar-refractivity contribution in [2.24, 2.45) is 7.05 Å². The van der Waals surface area contributed by atoms with Gasteiger partial charge < -0.3 is 9.88 Å². The fraction of sp³-hybridized carbons (Fsp3) is 0.467. The summed E-state index contributed by atoms with van der Waals surface area (Å²) in [7, 11) is 1.20. The van der Waals surface area contributed by atoms with Gasteiger partial charge in [-0.3, -0.25) is 4.79 Å². The Bertz CT molecular complexity index is 881. The number of aromatic nitrogens is 3. The number of carbonyl (C=O) groups is 1. The number of thiophene rings is 1. The molecule has 1 aliphatic carbocycles. The Morgan fingerprint density at radius 2 is 2.12 bits per heavy atom. The number of hydrogen-bond donors (Lipinski definition) is 1. The topological polar surface area (TPSA) is 83.6 Å². The zero-order valence-electron chi connectivity index (χ0n) is 13.7. The van der Waals surface area contributed by atoms with Crippen molar-refractivity contribution in [2.75, 3.05) is 11.1 Å². The minimum Gasteiger partial charge on any atom is -0.316 e. The van der Waals surface area contributed by atoms with Crippen LogP contribution in [0, 0.1) is 11.3 Å². The zero-order chi connectivity index (χ0) is 18.9. The van der Waals surface area contributed by atoms with Gasteiger partial charge in [0.05, 0.1) is 11.3 Å². The van der Waals surface area contributed by atoms with Crippen molar-refractivity contribution in [1.82, 2.24) is 14.8 Å². The van der Waals surface area contributed by atoms with Crippen LogP contribution in [0.15, 0.2) is 5.16 Å². The number of alkyl halides is 3. The lowest BCUT2D eigenvalue weighted by atomic mass is 9.96. The van der Waals surface area contributed by atoms with E-state index in [2.05, 4.69) is 21.6 Å². The van der Waals surface area contributed by atoms with Gasteiger partial charge in [0.25, 0.3) is 0 Å². The largest absolute Gasteiger partial charge is 0.451 e. The van der Waals surface area contributed by atoms with Crippen molar-refractivity contribution in [3.05, 3.63) is 21.8 Å². The van der Waals surface area contributed by atoms with E-state index < -0.39 is 17.9 Å². The average molecular weight is 401 g/mol. The molecule has 26 heavy (non-hydrogen) atoms. The Balaban J connectivity index is 1.67. The van der Waals surface area contributed by atoms with Crippen molar-refractivity contribution in [3.63, 3.8) is 0 Å². The molecule has 0 bridgehead atoms. The standard InChI is InChI=1S/C15H14F3N5OS2/c1-23-13(15(16,17)18)21-22-14(23)25-7-11(24)20-12-9(6-19)8-4-2-3-5-10(8)26-12/h2-5,7H2,1H3,(H,20,24). The van der Waals surface area contributed by atoms with E-state index in [0.29, 0.717) is 10.6 Å². The third-order valence-corrected chi connectivity index (χ3v) is 6.18. The molecule has 0 saturated carbocycles. The molecular weight excluding hydrogens is 387 g/mol. The van der Waals surface area contributed by atoms with E-state index >= 15 is 0 Å². The van der Waals surface area contributed by atoms with Crippen LogP contribution in [0.2, 0.25) is 0 Å². The van der Waals surface area contributed by atoms with Crippen LogP contribution in [0.25, 0.3) is 0 Å². The van der Waals surface area contributed by atoms with E-state index in [1.165, 1.54) is 18.4 Å². The summed E-state index contributed by atoms with van der Waals surface area (Å²) in [5.74, 6) is -1.64. The molecule has 2 heterocycles. The Kier molecular flexibility index (Phi) is 5.24. The van der Waals surface area contributed by atoms with Gasteiger partial charge in [-0.25, -0.2) is 0 Å². The molecule has 0 fully saturated rings. The summed E-state index contributed by atoms with van der Waals surface area (Å²) in [5.41, 5.74) is 1.51. The number of aryl methyl sites for hydroxylation is 1. The molecule has 0 unspecified atom stereocenters. The third kappa shape index (κ3) is 3.71. The molecular formula is C15H14F3N5OS2. The highest BCUT2D eigenvalue weighted by atomic mass is 32.2. The van der Waals surface area contributed by atoms with Gasteiger partial charge in [0.2, 0.25) is 11.7 Å². The van der Waals surface area contributed by atoms with Gasteiger partial charge in [-0.15, -0.1) is 21.5 Å². The van der Waals surface area contributed by atoms with Crippen LogP contribution in [0.1, 0.15) is 34.7 Å². The molecule has 138 valence electrons. The fourth-order valence-electron chi connectivity index (χ4n) is 2.75. The smallest absolute Gasteiger partial charge is 0.316 e. The van der Waals surface area contributed by atoms with Gasteiger partial charge in [-0.2, -0.15) is 18.4 Å². The van der Waals surface area contributed by atoms with Gasteiger partial charge in [-0.1, -0.05) is 11.8 Å². The molecule has 1 aliphatic rings. The number of rotatable bonds is 4. The summed E-state index contributed by atoms with van der Waals surface area (Å²) in [5, 5.41) is 19.2. The number of hydrogen-bond acceptors (Lipinski definition) is 6. The molecule has 0 aliphatic heterocycles. The average Bonchev–Trinajstić information content (AvgIpc) is 3.12. The second-order valence-corrected chi connectivity index (χ2v) is 7.77. The molecule has 6 nitrogen and oxygen atoms in total. The summed E-state index contributed by atoms with van der Waals surface area (Å²) < 4.78 is 38.9. The molecule has 3 rings (SSSR count). The molecule has 1 N–H and O–H groups in total. The van der Waals surface area contributed by atoms with Crippen molar-refractivity contribution in [3.8, 4) is 6.07 Å². The Labute approximate surface area is 155 Å². The first kappa shape index (κ1) is 18.7. The van der Waals surface area contributed by atoms with Crippen molar-refractivity contribution >= 4 is 34.0 Å². The predicted molar refractivity (Wildman–Crippen MR) is 91.0 cm³/mol. The van der Waals surface area contributed by atoms with Crippen LogP contribution in [-0.4, -0.2) is 26.4 Å². The molecule has 2 aromatic rings. The molecule has 0 atom stereocenters. The highest BCUT2D eigenvalue weighted by molar-refractivity contribution is 7.99. The highest BCUT2D eigenvalue weighted by Crippen LogP contribution is 2.37. The second-order valence-electron chi connectivity index (χ2n) is 5.73. The quantitative estimate of drug-likeness (QED) is 0.794. The molecule has 0 radical (unpaired) electrons. The molecule has 1 amide bonds. The number of nitrogens with zero attached hydrogens (tertiary/aromatic N) is 4. The Hall–Kier alpha value is -2.06. The van der Waals surface area contributed by atoms with E-state index in [1.807, 2.05) is 0 Å². The maximum atomic E-state index is 12.7. The summed E-state index contributed by atoms with van der Waals surface area (Å²) >= 11 is 2.26. The zero-order valence-corrected chi connectivity index (χ0v) is 15.3. The number of nitriles is 1. The van der Waals surface area contributed by atoms with Gasteiger partial charge >= 0.3 is 6.18 Å². The fourth-order valence-corrected chi connectivity index (χ4v) is 4.72. The number of fused-ring (bicyclic) bond motifs is 1. The lowest BCUT2D eigenvalue weighted by molar-refractivity contribution is -0.147. The number of carbonyl (C=O) groups excluding carboxylic acids is 1. The second kappa shape index (κ2) is 7.28. The molecule has 0 saturated heterocycles. The van der Waals surface area contributed by atoms with Crippen LogP contribution in [0.5, 0.6) is 0 Å². The van der Waals surface area contributed by atoms with Gasteiger partial charge in [-0.05, 0) is 31.2 Å². The molecule has 2 aromatic heterocycles. The van der Waals surface area contributed by atoms with Crippen LogP contribution in [0.3, 0.4) is 0 Å². The number of nitrogens with one attached hydrogen (secondary N) is 1. The predicted octanol–water partition coefficient (Wildman–Crippen LogP) is 3.38. The van der Waals surface area contributed by atoms with Crippen LogP contribution >= 0.6 is 23.1 Å². The normalized spacial score (nSPS) is 14.0. The third-order valence-electron chi connectivity index (χ3n) is 3.96. The Morgan fingerprint density at radius 3 is 2.77 bits per heavy atom. The monoisotopic (exact) mass is 401 g/mol. The van der Waals surface area contributed by atoms with E-state index in [4.69, 9.17) is 0 Å². The lowest BCUT2D eigenvalue weighted by Gasteiger charge is -2.09. The van der Waals surface area contributed by atoms with Crippen LogP contribution in [0.4, 0.5) is 18.2 Å². The minimum atomic E-state index is -4.60. The maximum Gasteiger partial charge on any atom is 0.451 e. The van der Waals surface area contributed by atoms with Crippen molar-refractivity contribution < 1.29 is 18.0 Å². The van der Waals surface area contributed by atoms with E-state index in [1.54, 1.807) is 0 Å². The van der Waals surface area contributed by atoms with E-state index in [9.17, 15) is 23.2 Å². The van der Waals surface area contributed by atoms with Gasteiger partial charge in [0.1, 0.15) is 11.1 Å². The Morgan fingerprint density at radius 1 is 1.38 bits per heavy atom. The summed E-state index contributed by atoms with van der Waals surface area (Å²) in [6.45, 7) is 0. The first-order valence-electron chi connectivity index (χ1n) is 7.75. The molecule has 11 heteroatoms. The number of thioether (sulfide) groups is 1. The van der Waals surface area contributed by atoms with Gasteiger partial charge in [0.15, 0.2) is 5.16 Å². The minimum absolute atomic E-state index is 0.00143. The van der Waals surface area contributed by atoms with E-state index in [0.717, 1.165) is 52.5 Å². The van der Waals surface area contributed by atoms with Crippen LogP contribution < -0.4 is 5.32 Å². The summed E-state index contributed by atoms with van der Waals surface area (Å²) in [6.07, 6.45) is -0.776. The summed E-state index contributed by atoms with van der Waals surface area (Å²) in [6, 6.07) is 2.15. The molecule has 0 aromatic carbocycles. The van der Waals surface area contributed by atoms with Crippen LogP contribution in [-0.2, 0) is 30.9 Å². The van der Waals surface area contributed by atoms with Crippen molar-refractivity contribution in [2.45, 2.75) is 37.0 Å². The molecule has 0 spiro atoms. The lowest BCUT2D eigenvalue weighted by Crippen LogP contribution is -2.15. The number of amides is 1. The first-order chi connectivity index (χ1) is 12.3. The summed E-state index contributed by atoms with van der Waals surface area (Å²) in [4.78, 5) is 13.3. The maximum absolute atomic E-state index is 12.7.